The molecule has 2 nitrogen and oxygen atoms in total. The molecule has 0 amide bonds. The SMILES string of the molecule is CCC(C)CN(C1CNC1)C1CCC2(C)CCCC2C1. The van der Waals surface area contributed by atoms with Gasteiger partial charge in [0.2, 0.25) is 0 Å². The van der Waals surface area contributed by atoms with Crippen LogP contribution in [0.1, 0.15) is 65.7 Å². The van der Waals surface area contributed by atoms with Gasteiger partial charge in [-0.05, 0) is 49.4 Å². The van der Waals surface area contributed by atoms with Crippen LogP contribution in [0.15, 0.2) is 0 Å². The van der Waals surface area contributed by atoms with Gasteiger partial charge in [-0.2, -0.15) is 0 Å². The lowest BCUT2D eigenvalue weighted by Crippen LogP contribution is -2.61. The molecule has 116 valence electrons. The molecule has 3 aliphatic rings. The molecule has 2 heteroatoms. The van der Waals surface area contributed by atoms with Crippen LogP contribution in [-0.2, 0) is 0 Å². The highest BCUT2D eigenvalue weighted by Crippen LogP contribution is 2.52. The molecule has 1 N–H and O–H groups in total. The monoisotopic (exact) mass is 278 g/mol. The fourth-order valence-electron chi connectivity index (χ4n) is 4.87. The van der Waals surface area contributed by atoms with Crippen LogP contribution >= 0.6 is 0 Å². The molecule has 1 aliphatic heterocycles. The van der Waals surface area contributed by atoms with Crippen LogP contribution in [0.3, 0.4) is 0 Å². The second kappa shape index (κ2) is 5.96. The molecule has 2 saturated carbocycles. The van der Waals surface area contributed by atoms with Gasteiger partial charge < -0.3 is 5.32 Å². The van der Waals surface area contributed by atoms with Gasteiger partial charge in [-0.3, -0.25) is 4.90 Å². The number of rotatable bonds is 5. The summed E-state index contributed by atoms with van der Waals surface area (Å²) < 4.78 is 0. The Morgan fingerprint density at radius 3 is 2.65 bits per heavy atom. The Balaban J connectivity index is 1.65. The minimum Gasteiger partial charge on any atom is -0.314 e. The highest BCUT2D eigenvalue weighted by molar-refractivity contribution is 4.98. The summed E-state index contributed by atoms with van der Waals surface area (Å²) >= 11 is 0. The van der Waals surface area contributed by atoms with E-state index in [1.54, 1.807) is 0 Å². The van der Waals surface area contributed by atoms with Crippen LogP contribution in [0, 0.1) is 17.3 Å². The summed E-state index contributed by atoms with van der Waals surface area (Å²) in [6.45, 7) is 11.1. The summed E-state index contributed by atoms with van der Waals surface area (Å²) in [6.07, 6.45) is 10.3. The maximum absolute atomic E-state index is 3.48. The molecule has 0 aromatic heterocycles. The van der Waals surface area contributed by atoms with Crippen molar-refractivity contribution in [3.8, 4) is 0 Å². The maximum atomic E-state index is 3.48. The van der Waals surface area contributed by atoms with E-state index in [1.807, 2.05) is 0 Å². The van der Waals surface area contributed by atoms with Gasteiger partial charge in [0.25, 0.3) is 0 Å². The van der Waals surface area contributed by atoms with E-state index in [9.17, 15) is 0 Å². The van der Waals surface area contributed by atoms with E-state index >= 15 is 0 Å². The molecule has 4 atom stereocenters. The van der Waals surface area contributed by atoms with Gasteiger partial charge in [-0.25, -0.2) is 0 Å². The van der Waals surface area contributed by atoms with Crippen LogP contribution < -0.4 is 5.32 Å². The highest BCUT2D eigenvalue weighted by atomic mass is 15.3. The average Bonchev–Trinajstić information content (AvgIpc) is 2.76. The predicted molar refractivity (Wildman–Crippen MR) is 85.9 cm³/mol. The molecular formula is C18H34N2. The molecule has 2 aliphatic carbocycles. The minimum atomic E-state index is 0.705. The molecule has 20 heavy (non-hydrogen) atoms. The predicted octanol–water partition coefficient (Wildman–Crippen LogP) is 3.67. The van der Waals surface area contributed by atoms with Crippen molar-refractivity contribution < 1.29 is 0 Å². The van der Waals surface area contributed by atoms with Crippen molar-refractivity contribution in [3.05, 3.63) is 0 Å². The first-order valence-corrected chi connectivity index (χ1v) is 9.09. The van der Waals surface area contributed by atoms with Crippen LogP contribution in [0.4, 0.5) is 0 Å². The quantitative estimate of drug-likeness (QED) is 0.825. The van der Waals surface area contributed by atoms with Gasteiger partial charge in [0.1, 0.15) is 0 Å². The van der Waals surface area contributed by atoms with Crippen molar-refractivity contribution in [2.24, 2.45) is 17.3 Å². The summed E-state index contributed by atoms with van der Waals surface area (Å²) in [4.78, 5) is 2.91. The number of nitrogens with zero attached hydrogens (tertiary/aromatic N) is 1. The second-order valence-electron chi connectivity index (χ2n) is 8.19. The smallest absolute Gasteiger partial charge is 0.0348 e. The van der Waals surface area contributed by atoms with Crippen LogP contribution in [0.2, 0.25) is 0 Å². The molecule has 0 bridgehead atoms. The first kappa shape index (κ1) is 14.8. The van der Waals surface area contributed by atoms with E-state index in [0.717, 1.165) is 23.9 Å². The fraction of sp³-hybridized carbons (Fsp3) is 1.00. The summed E-state index contributed by atoms with van der Waals surface area (Å²) in [7, 11) is 0. The standard InChI is InChI=1S/C18H34N2/c1-4-14(2)13-20(17-11-19-12-17)16-7-9-18(3)8-5-6-15(18)10-16/h14-17,19H,4-13H2,1-3H3. The van der Waals surface area contributed by atoms with E-state index in [1.165, 1.54) is 64.6 Å². The first-order valence-electron chi connectivity index (χ1n) is 9.09. The summed E-state index contributed by atoms with van der Waals surface area (Å²) in [5, 5.41) is 3.48. The third kappa shape index (κ3) is 2.78. The van der Waals surface area contributed by atoms with E-state index in [4.69, 9.17) is 0 Å². The van der Waals surface area contributed by atoms with Gasteiger partial charge in [0, 0.05) is 31.7 Å². The average molecular weight is 278 g/mol. The van der Waals surface area contributed by atoms with Gasteiger partial charge in [-0.1, -0.05) is 33.6 Å². The molecule has 0 aromatic rings. The number of fused-ring (bicyclic) bond motifs is 1. The van der Waals surface area contributed by atoms with E-state index in [-0.39, 0.29) is 0 Å². The number of hydrogen-bond donors (Lipinski definition) is 1. The Morgan fingerprint density at radius 1 is 1.20 bits per heavy atom. The Labute approximate surface area is 125 Å². The minimum absolute atomic E-state index is 0.705. The molecule has 0 aromatic carbocycles. The third-order valence-corrected chi connectivity index (χ3v) is 6.81. The van der Waals surface area contributed by atoms with E-state index in [0.29, 0.717) is 5.41 Å². The van der Waals surface area contributed by atoms with Crippen LogP contribution in [0.5, 0.6) is 0 Å². The lowest BCUT2D eigenvalue weighted by molar-refractivity contribution is 0.0132. The second-order valence-corrected chi connectivity index (χ2v) is 8.19. The highest BCUT2D eigenvalue weighted by Gasteiger charge is 2.45. The lowest BCUT2D eigenvalue weighted by Gasteiger charge is -2.49. The van der Waals surface area contributed by atoms with Crippen molar-refractivity contribution in [1.29, 1.82) is 0 Å². The maximum Gasteiger partial charge on any atom is 0.0348 e. The summed E-state index contributed by atoms with van der Waals surface area (Å²) in [5.74, 6) is 1.88. The van der Waals surface area contributed by atoms with Crippen molar-refractivity contribution in [2.45, 2.75) is 77.8 Å². The third-order valence-electron chi connectivity index (χ3n) is 6.81. The first-order chi connectivity index (χ1) is 9.62. The molecule has 0 radical (unpaired) electrons. The normalized spacial score (nSPS) is 39.6. The zero-order valence-corrected chi connectivity index (χ0v) is 13.8. The van der Waals surface area contributed by atoms with Crippen molar-refractivity contribution in [2.75, 3.05) is 19.6 Å². The topological polar surface area (TPSA) is 15.3 Å². The van der Waals surface area contributed by atoms with Crippen molar-refractivity contribution in [1.82, 2.24) is 10.2 Å². The Bertz CT molecular complexity index is 325. The van der Waals surface area contributed by atoms with Gasteiger partial charge >= 0.3 is 0 Å². The Kier molecular flexibility index (Phi) is 4.42. The van der Waals surface area contributed by atoms with Gasteiger partial charge in [0.05, 0.1) is 0 Å². The Morgan fingerprint density at radius 2 is 2.00 bits per heavy atom. The van der Waals surface area contributed by atoms with Gasteiger partial charge in [-0.15, -0.1) is 0 Å². The molecule has 1 saturated heterocycles. The zero-order valence-electron chi connectivity index (χ0n) is 13.8. The summed E-state index contributed by atoms with van der Waals surface area (Å²) in [5.41, 5.74) is 0.705. The molecule has 4 unspecified atom stereocenters. The Hall–Kier alpha value is -0.0800. The van der Waals surface area contributed by atoms with Crippen molar-refractivity contribution >= 4 is 0 Å². The van der Waals surface area contributed by atoms with E-state index in [2.05, 4.69) is 31.0 Å². The van der Waals surface area contributed by atoms with Crippen LogP contribution in [0.25, 0.3) is 0 Å². The molecule has 3 rings (SSSR count). The van der Waals surface area contributed by atoms with E-state index < -0.39 is 0 Å². The fourth-order valence-corrected chi connectivity index (χ4v) is 4.87. The molecular weight excluding hydrogens is 244 g/mol. The number of hydrogen-bond acceptors (Lipinski definition) is 2. The van der Waals surface area contributed by atoms with Crippen molar-refractivity contribution in [3.63, 3.8) is 0 Å². The molecule has 3 fully saturated rings. The summed E-state index contributed by atoms with van der Waals surface area (Å²) in [6, 6.07) is 1.71. The van der Waals surface area contributed by atoms with Gasteiger partial charge in [0.15, 0.2) is 0 Å². The lowest BCUT2D eigenvalue weighted by atomic mass is 9.67. The largest absolute Gasteiger partial charge is 0.314 e. The van der Waals surface area contributed by atoms with Crippen LogP contribution in [-0.4, -0.2) is 36.6 Å². The number of nitrogens with one attached hydrogen (secondary N) is 1. The molecule has 1 heterocycles. The molecule has 0 spiro atoms. The zero-order chi connectivity index (χ0) is 14.2.